The Hall–Kier alpha value is -0.360. The van der Waals surface area contributed by atoms with Crippen LogP contribution in [0.2, 0.25) is 5.02 Å². The molecule has 0 spiro atoms. The van der Waals surface area contributed by atoms with Crippen LogP contribution >= 0.6 is 54.8 Å². The minimum absolute atomic E-state index is 0.175. The number of carbonyl (C=O) groups is 1. The van der Waals surface area contributed by atoms with Gasteiger partial charge >= 0.3 is 0 Å². The number of thiophene rings is 1. The fourth-order valence-corrected chi connectivity index (χ4v) is 3.34. The van der Waals surface area contributed by atoms with Gasteiger partial charge in [0, 0.05) is 19.2 Å². The molecule has 1 amide bonds. The van der Waals surface area contributed by atoms with Crippen molar-refractivity contribution in [3.63, 3.8) is 0 Å². The van der Waals surface area contributed by atoms with Crippen molar-refractivity contribution in [1.82, 2.24) is 5.32 Å². The summed E-state index contributed by atoms with van der Waals surface area (Å²) in [6, 6.07) is 7.19. The summed E-state index contributed by atoms with van der Waals surface area (Å²) >= 11 is 14.3. The molecule has 0 unspecified atom stereocenters. The van der Waals surface area contributed by atoms with Crippen molar-refractivity contribution < 1.29 is 4.79 Å². The van der Waals surface area contributed by atoms with Crippen molar-refractivity contribution in [3.8, 4) is 0 Å². The number of halogens is 3. The van der Waals surface area contributed by atoms with E-state index in [1.807, 2.05) is 11.4 Å². The fourth-order valence-electron chi connectivity index (χ4n) is 1.38. The average Bonchev–Trinajstić information content (AvgIpc) is 2.75. The maximum absolute atomic E-state index is 12.0. The van der Waals surface area contributed by atoms with E-state index in [0.717, 1.165) is 13.8 Å². The minimum Gasteiger partial charge on any atom is -0.347 e. The van der Waals surface area contributed by atoms with E-state index in [1.165, 1.54) is 0 Å². The number of amides is 1. The maximum Gasteiger partial charge on any atom is 0.253 e. The van der Waals surface area contributed by atoms with E-state index < -0.39 is 0 Å². The largest absolute Gasteiger partial charge is 0.347 e. The molecule has 0 fully saturated rings. The Morgan fingerprint density at radius 1 is 1.28 bits per heavy atom. The van der Waals surface area contributed by atoms with Crippen molar-refractivity contribution in [1.29, 1.82) is 0 Å². The van der Waals surface area contributed by atoms with Crippen molar-refractivity contribution >= 4 is 60.7 Å². The zero-order valence-corrected chi connectivity index (χ0v) is 13.8. The molecule has 94 valence electrons. The maximum atomic E-state index is 12.0. The number of rotatable bonds is 3. The topological polar surface area (TPSA) is 29.1 Å². The first-order valence-electron chi connectivity index (χ1n) is 5.02. The summed E-state index contributed by atoms with van der Waals surface area (Å²) in [6.07, 6.45) is 0. The zero-order chi connectivity index (χ0) is 13.1. The van der Waals surface area contributed by atoms with Crippen LogP contribution < -0.4 is 5.32 Å². The van der Waals surface area contributed by atoms with Gasteiger partial charge in [-0.2, -0.15) is 0 Å². The summed E-state index contributed by atoms with van der Waals surface area (Å²) in [4.78, 5) is 13.1. The molecule has 0 radical (unpaired) electrons. The number of nitrogens with one attached hydrogen (secondary N) is 1. The van der Waals surface area contributed by atoms with Gasteiger partial charge in [-0.15, -0.1) is 11.3 Å². The second kappa shape index (κ2) is 6.19. The molecular weight excluding hydrogens is 401 g/mol. The van der Waals surface area contributed by atoms with Crippen LogP contribution in [0.15, 0.2) is 38.6 Å². The Balaban J connectivity index is 2.05. The van der Waals surface area contributed by atoms with E-state index in [2.05, 4.69) is 37.2 Å². The van der Waals surface area contributed by atoms with Gasteiger partial charge in [-0.25, -0.2) is 0 Å². The molecule has 1 heterocycles. The summed E-state index contributed by atoms with van der Waals surface area (Å²) in [5, 5.41) is 5.27. The molecule has 2 nitrogen and oxygen atoms in total. The molecule has 0 bridgehead atoms. The number of carbonyl (C=O) groups excluding carboxylic acids is 1. The third-order valence-electron chi connectivity index (χ3n) is 2.22. The lowest BCUT2D eigenvalue weighted by Crippen LogP contribution is -2.22. The van der Waals surface area contributed by atoms with Gasteiger partial charge in [0.2, 0.25) is 0 Å². The molecule has 1 aromatic heterocycles. The Morgan fingerprint density at radius 3 is 2.72 bits per heavy atom. The summed E-state index contributed by atoms with van der Waals surface area (Å²) in [6.45, 7) is 0.498. The van der Waals surface area contributed by atoms with Crippen LogP contribution in [0.1, 0.15) is 15.2 Å². The highest BCUT2D eigenvalue weighted by atomic mass is 79.9. The van der Waals surface area contributed by atoms with Crippen molar-refractivity contribution in [2.75, 3.05) is 0 Å². The number of hydrogen-bond acceptors (Lipinski definition) is 2. The van der Waals surface area contributed by atoms with Crippen molar-refractivity contribution in [3.05, 3.63) is 54.1 Å². The normalized spacial score (nSPS) is 10.4. The van der Waals surface area contributed by atoms with Crippen LogP contribution in [-0.2, 0) is 6.54 Å². The molecule has 1 N–H and O–H groups in total. The van der Waals surface area contributed by atoms with E-state index in [0.29, 0.717) is 17.1 Å². The van der Waals surface area contributed by atoms with Crippen LogP contribution in [-0.4, -0.2) is 5.91 Å². The van der Waals surface area contributed by atoms with E-state index in [1.54, 1.807) is 29.5 Å². The predicted molar refractivity (Wildman–Crippen MR) is 82.3 cm³/mol. The van der Waals surface area contributed by atoms with Crippen LogP contribution in [0.3, 0.4) is 0 Å². The van der Waals surface area contributed by atoms with Crippen molar-refractivity contribution in [2.24, 2.45) is 0 Å². The van der Waals surface area contributed by atoms with Gasteiger partial charge in [-0.05, 0) is 40.2 Å². The van der Waals surface area contributed by atoms with Gasteiger partial charge in [0.15, 0.2) is 0 Å². The minimum atomic E-state index is -0.175. The molecule has 1 aromatic carbocycles. The van der Waals surface area contributed by atoms with Crippen molar-refractivity contribution in [2.45, 2.75) is 6.54 Å². The van der Waals surface area contributed by atoms with E-state index in [9.17, 15) is 4.79 Å². The molecule has 0 aliphatic rings. The molecule has 0 saturated heterocycles. The standard InChI is InChI=1S/C12H8Br2ClNOS/c13-7-1-2-11(15)10(4-7)12(17)16-5-9-3-8(14)6-18-9/h1-4,6H,5H2,(H,16,17). The van der Waals surface area contributed by atoms with Crippen LogP contribution in [0.25, 0.3) is 0 Å². The lowest BCUT2D eigenvalue weighted by atomic mass is 10.2. The fraction of sp³-hybridized carbons (Fsp3) is 0.0833. The predicted octanol–water partition coefficient (Wildman–Crippen LogP) is 4.86. The second-order valence-corrected chi connectivity index (χ2v) is 6.77. The van der Waals surface area contributed by atoms with Gasteiger partial charge in [-0.1, -0.05) is 27.5 Å². The molecule has 18 heavy (non-hydrogen) atoms. The highest BCUT2D eigenvalue weighted by Gasteiger charge is 2.10. The molecule has 0 aliphatic carbocycles. The highest BCUT2D eigenvalue weighted by molar-refractivity contribution is 9.10. The summed E-state index contributed by atoms with van der Waals surface area (Å²) < 4.78 is 1.85. The molecular formula is C12H8Br2ClNOS. The summed E-state index contributed by atoms with van der Waals surface area (Å²) in [5.74, 6) is -0.175. The van der Waals surface area contributed by atoms with E-state index in [-0.39, 0.29) is 5.91 Å². The van der Waals surface area contributed by atoms with Crippen LogP contribution in [0.5, 0.6) is 0 Å². The smallest absolute Gasteiger partial charge is 0.253 e. The summed E-state index contributed by atoms with van der Waals surface area (Å²) in [5.41, 5.74) is 0.474. The van der Waals surface area contributed by atoms with Crippen LogP contribution in [0.4, 0.5) is 0 Å². The monoisotopic (exact) mass is 407 g/mol. The first-order chi connectivity index (χ1) is 8.56. The van der Waals surface area contributed by atoms with Gasteiger partial charge in [0.25, 0.3) is 5.91 Å². The Kier molecular flexibility index (Phi) is 4.84. The molecule has 0 saturated carbocycles. The number of benzene rings is 1. The van der Waals surface area contributed by atoms with E-state index in [4.69, 9.17) is 11.6 Å². The SMILES string of the molecule is O=C(NCc1cc(Br)cs1)c1cc(Br)ccc1Cl. The van der Waals surface area contributed by atoms with Gasteiger partial charge < -0.3 is 5.32 Å². The lowest BCUT2D eigenvalue weighted by Gasteiger charge is -2.06. The van der Waals surface area contributed by atoms with Gasteiger partial charge in [0.1, 0.15) is 0 Å². The first-order valence-corrected chi connectivity index (χ1v) is 7.87. The third kappa shape index (κ3) is 3.57. The Labute approximate surface area is 131 Å². The van der Waals surface area contributed by atoms with Gasteiger partial charge in [-0.3, -0.25) is 4.79 Å². The first kappa shape index (κ1) is 14.1. The van der Waals surface area contributed by atoms with Gasteiger partial charge in [0.05, 0.1) is 17.1 Å². The zero-order valence-electron chi connectivity index (χ0n) is 9.04. The Bertz CT molecular complexity index is 585. The molecule has 0 atom stereocenters. The molecule has 0 aliphatic heterocycles. The molecule has 2 rings (SSSR count). The number of hydrogen-bond donors (Lipinski definition) is 1. The van der Waals surface area contributed by atoms with Crippen LogP contribution in [0, 0.1) is 0 Å². The molecule has 2 aromatic rings. The summed E-state index contributed by atoms with van der Waals surface area (Å²) in [7, 11) is 0. The quantitative estimate of drug-likeness (QED) is 0.771. The highest BCUT2D eigenvalue weighted by Crippen LogP contribution is 2.22. The third-order valence-corrected chi connectivity index (χ3v) is 4.74. The molecule has 6 heteroatoms. The van der Waals surface area contributed by atoms with E-state index >= 15 is 0 Å². The average molecular weight is 410 g/mol. The lowest BCUT2D eigenvalue weighted by molar-refractivity contribution is 0.0951. The Morgan fingerprint density at radius 2 is 2.06 bits per heavy atom. The second-order valence-electron chi connectivity index (χ2n) is 3.54.